The lowest BCUT2D eigenvalue weighted by Gasteiger charge is -1.98. The summed E-state index contributed by atoms with van der Waals surface area (Å²) in [7, 11) is 0. The number of hydrogen-bond donors (Lipinski definition) is 0. The fraction of sp³-hybridized carbons (Fsp3) is 0.636. The minimum absolute atomic E-state index is 0.127. The van der Waals surface area contributed by atoms with E-state index in [9.17, 15) is 4.79 Å². The molecule has 0 aliphatic rings. The van der Waals surface area contributed by atoms with Gasteiger partial charge in [0.15, 0.2) is 0 Å². The van der Waals surface area contributed by atoms with Crippen LogP contribution in [0.3, 0.4) is 0 Å². The molecule has 0 aromatic carbocycles. The summed E-state index contributed by atoms with van der Waals surface area (Å²) >= 11 is 0. The number of rotatable bonds is 7. The second-order valence-electron chi connectivity index (χ2n) is 2.87. The van der Waals surface area contributed by atoms with Crippen molar-refractivity contribution in [2.75, 3.05) is 6.61 Å². The zero-order valence-corrected chi connectivity index (χ0v) is 8.66. The van der Waals surface area contributed by atoms with Crippen molar-refractivity contribution >= 4 is 5.97 Å². The number of unbranched alkanes of at least 4 members (excludes halogenated alkanes) is 2. The van der Waals surface area contributed by atoms with Crippen LogP contribution in [0.4, 0.5) is 0 Å². The lowest BCUT2D eigenvalue weighted by atomic mass is 10.2. The fourth-order valence-electron chi connectivity index (χ4n) is 0.981. The van der Waals surface area contributed by atoms with Crippen LogP contribution in [0.25, 0.3) is 0 Å². The number of nitriles is 1. The third-order valence-electron chi connectivity index (χ3n) is 1.65. The van der Waals surface area contributed by atoms with E-state index in [4.69, 9.17) is 10.00 Å². The summed E-state index contributed by atoms with van der Waals surface area (Å²) in [5.41, 5.74) is 0. The van der Waals surface area contributed by atoms with Crippen LogP contribution in [0.15, 0.2) is 12.2 Å². The first-order valence-corrected chi connectivity index (χ1v) is 4.98. The van der Waals surface area contributed by atoms with Gasteiger partial charge in [-0.2, -0.15) is 5.26 Å². The first kappa shape index (κ1) is 12.7. The standard InChI is InChI=1S/C11H17NO2/c1-2-14-11(13)9-7-5-3-4-6-8-10-12/h3-4H,2,5-9H2,1H3/b4-3+. The highest BCUT2D eigenvalue weighted by Crippen LogP contribution is 2.00. The average Bonchev–Trinajstić information content (AvgIpc) is 2.17. The summed E-state index contributed by atoms with van der Waals surface area (Å²) in [6.07, 6.45) is 7.54. The van der Waals surface area contributed by atoms with Crippen molar-refractivity contribution < 1.29 is 9.53 Å². The molecule has 0 fully saturated rings. The molecule has 0 N–H and O–H groups in total. The molecule has 0 amide bonds. The van der Waals surface area contributed by atoms with Crippen LogP contribution in [0.5, 0.6) is 0 Å². The Hall–Kier alpha value is -1.30. The van der Waals surface area contributed by atoms with E-state index < -0.39 is 0 Å². The van der Waals surface area contributed by atoms with Gasteiger partial charge in [0.2, 0.25) is 0 Å². The quantitative estimate of drug-likeness (QED) is 0.356. The van der Waals surface area contributed by atoms with E-state index in [1.807, 2.05) is 12.2 Å². The van der Waals surface area contributed by atoms with E-state index in [1.54, 1.807) is 6.92 Å². The summed E-state index contributed by atoms with van der Waals surface area (Å²) in [6.45, 7) is 2.26. The molecule has 0 heterocycles. The molecule has 3 nitrogen and oxygen atoms in total. The van der Waals surface area contributed by atoms with Gasteiger partial charge >= 0.3 is 5.97 Å². The maximum absolute atomic E-state index is 10.9. The average molecular weight is 195 g/mol. The summed E-state index contributed by atoms with van der Waals surface area (Å²) in [6, 6.07) is 2.07. The zero-order chi connectivity index (χ0) is 10.6. The Morgan fingerprint density at radius 3 is 2.79 bits per heavy atom. The van der Waals surface area contributed by atoms with Crippen molar-refractivity contribution in [2.24, 2.45) is 0 Å². The topological polar surface area (TPSA) is 50.1 Å². The van der Waals surface area contributed by atoms with Crippen LogP contribution in [0.1, 0.15) is 39.0 Å². The Balaban J connectivity index is 3.25. The van der Waals surface area contributed by atoms with Gasteiger partial charge in [0, 0.05) is 12.8 Å². The van der Waals surface area contributed by atoms with Gasteiger partial charge in [0.1, 0.15) is 0 Å². The Labute approximate surface area is 85.4 Å². The van der Waals surface area contributed by atoms with Gasteiger partial charge < -0.3 is 4.74 Å². The molecule has 0 atom stereocenters. The van der Waals surface area contributed by atoms with Crippen LogP contribution in [-0.2, 0) is 9.53 Å². The molecule has 0 aliphatic carbocycles. The highest BCUT2D eigenvalue weighted by atomic mass is 16.5. The molecule has 0 rings (SSSR count). The van der Waals surface area contributed by atoms with Crippen LogP contribution in [0.2, 0.25) is 0 Å². The summed E-state index contributed by atoms with van der Waals surface area (Å²) in [4.78, 5) is 10.9. The molecule has 3 heteroatoms. The van der Waals surface area contributed by atoms with Gasteiger partial charge in [-0.25, -0.2) is 0 Å². The van der Waals surface area contributed by atoms with E-state index in [0.29, 0.717) is 19.4 Å². The van der Waals surface area contributed by atoms with E-state index in [0.717, 1.165) is 19.3 Å². The first-order chi connectivity index (χ1) is 6.81. The number of ether oxygens (including phenoxy) is 1. The molecular weight excluding hydrogens is 178 g/mol. The predicted octanol–water partition coefficient (Wildman–Crippen LogP) is 2.58. The summed E-state index contributed by atoms with van der Waals surface area (Å²) in [5.74, 6) is -0.127. The smallest absolute Gasteiger partial charge is 0.305 e. The molecule has 14 heavy (non-hydrogen) atoms. The Morgan fingerprint density at radius 1 is 1.43 bits per heavy atom. The van der Waals surface area contributed by atoms with Crippen LogP contribution < -0.4 is 0 Å². The fourth-order valence-corrected chi connectivity index (χ4v) is 0.981. The number of allylic oxidation sites excluding steroid dienone is 2. The van der Waals surface area contributed by atoms with Crippen molar-refractivity contribution in [1.29, 1.82) is 5.26 Å². The number of esters is 1. The second-order valence-corrected chi connectivity index (χ2v) is 2.87. The maximum Gasteiger partial charge on any atom is 0.305 e. The highest BCUT2D eigenvalue weighted by Gasteiger charge is 1.98. The van der Waals surface area contributed by atoms with Crippen LogP contribution in [0, 0.1) is 11.3 Å². The third-order valence-corrected chi connectivity index (χ3v) is 1.65. The molecule has 0 aliphatic heterocycles. The maximum atomic E-state index is 10.9. The van der Waals surface area contributed by atoms with Crippen molar-refractivity contribution in [3.05, 3.63) is 12.2 Å². The van der Waals surface area contributed by atoms with Gasteiger partial charge in [-0.3, -0.25) is 4.79 Å². The van der Waals surface area contributed by atoms with Gasteiger partial charge in [-0.05, 0) is 26.2 Å². The zero-order valence-electron chi connectivity index (χ0n) is 8.66. The number of hydrogen-bond acceptors (Lipinski definition) is 3. The van der Waals surface area contributed by atoms with Gasteiger partial charge in [-0.1, -0.05) is 12.2 Å². The lowest BCUT2D eigenvalue weighted by molar-refractivity contribution is -0.143. The molecule has 0 radical (unpaired) electrons. The number of nitrogens with zero attached hydrogens (tertiary/aromatic N) is 1. The lowest BCUT2D eigenvalue weighted by Crippen LogP contribution is -2.02. The monoisotopic (exact) mass is 195 g/mol. The van der Waals surface area contributed by atoms with Crippen molar-refractivity contribution in [1.82, 2.24) is 0 Å². The second kappa shape index (κ2) is 9.79. The third kappa shape index (κ3) is 8.79. The van der Waals surface area contributed by atoms with Crippen molar-refractivity contribution in [2.45, 2.75) is 39.0 Å². The van der Waals surface area contributed by atoms with Crippen LogP contribution >= 0.6 is 0 Å². The van der Waals surface area contributed by atoms with E-state index in [2.05, 4.69) is 6.07 Å². The van der Waals surface area contributed by atoms with Crippen LogP contribution in [-0.4, -0.2) is 12.6 Å². The summed E-state index contributed by atoms with van der Waals surface area (Å²) < 4.78 is 4.78. The molecule has 0 saturated heterocycles. The molecule has 0 saturated carbocycles. The summed E-state index contributed by atoms with van der Waals surface area (Å²) in [5, 5.41) is 8.26. The van der Waals surface area contributed by atoms with Gasteiger partial charge in [0.25, 0.3) is 0 Å². The van der Waals surface area contributed by atoms with E-state index >= 15 is 0 Å². The molecule has 0 unspecified atom stereocenters. The Kier molecular flexibility index (Phi) is 8.88. The van der Waals surface area contributed by atoms with E-state index in [1.165, 1.54) is 0 Å². The normalized spacial score (nSPS) is 10.0. The molecule has 0 aromatic heterocycles. The molecule has 0 aromatic rings. The van der Waals surface area contributed by atoms with Gasteiger partial charge in [0.05, 0.1) is 12.7 Å². The van der Waals surface area contributed by atoms with E-state index in [-0.39, 0.29) is 5.97 Å². The Bertz CT molecular complexity index is 216. The minimum Gasteiger partial charge on any atom is -0.466 e. The molecule has 78 valence electrons. The number of carbonyl (C=O) groups excluding carboxylic acids is 1. The van der Waals surface area contributed by atoms with Crippen molar-refractivity contribution in [3.63, 3.8) is 0 Å². The Morgan fingerprint density at radius 2 is 2.14 bits per heavy atom. The van der Waals surface area contributed by atoms with Gasteiger partial charge in [-0.15, -0.1) is 0 Å². The first-order valence-electron chi connectivity index (χ1n) is 4.98. The SMILES string of the molecule is CCOC(=O)CCC/C=C/CCC#N. The minimum atomic E-state index is -0.127. The molecule has 0 bridgehead atoms. The molecule has 0 spiro atoms. The largest absolute Gasteiger partial charge is 0.466 e. The highest BCUT2D eigenvalue weighted by molar-refractivity contribution is 5.69. The van der Waals surface area contributed by atoms with Crippen molar-refractivity contribution in [3.8, 4) is 6.07 Å². The number of carbonyl (C=O) groups is 1. The predicted molar refractivity (Wildman–Crippen MR) is 54.5 cm³/mol. The molecular formula is C11H17NO2.